The number of nitrogens with zero attached hydrogens (tertiary/aromatic N) is 1. The molecule has 0 radical (unpaired) electrons. The first-order valence-electron chi connectivity index (χ1n) is 5.75. The summed E-state index contributed by atoms with van der Waals surface area (Å²) < 4.78 is 16.5. The lowest BCUT2D eigenvalue weighted by Crippen LogP contribution is -2.16. The van der Waals surface area contributed by atoms with Crippen LogP contribution < -0.4 is 9.47 Å². The maximum absolute atomic E-state index is 8.84. The molecule has 2 rings (SSSR count). The first-order chi connectivity index (χ1) is 8.33. The van der Waals surface area contributed by atoms with Crippen LogP contribution >= 0.6 is 0 Å². The van der Waals surface area contributed by atoms with Crippen molar-refractivity contribution < 1.29 is 14.2 Å². The number of benzene rings is 1. The van der Waals surface area contributed by atoms with Crippen LogP contribution in [0.5, 0.6) is 11.5 Å². The van der Waals surface area contributed by atoms with Gasteiger partial charge in [0.2, 0.25) is 0 Å². The smallest absolute Gasteiger partial charge is 0.162 e. The van der Waals surface area contributed by atoms with Crippen LogP contribution in [0, 0.1) is 11.3 Å². The molecule has 0 bridgehead atoms. The van der Waals surface area contributed by atoms with Gasteiger partial charge in [-0.3, -0.25) is 0 Å². The van der Waals surface area contributed by atoms with Crippen molar-refractivity contribution in [3.63, 3.8) is 0 Å². The van der Waals surface area contributed by atoms with Crippen molar-refractivity contribution in [3.8, 4) is 17.6 Å². The van der Waals surface area contributed by atoms with E-state index >= 15 is 0 Å². The zero-order chi connectivity index (χ0) is 12.1. The van der Waals surface area contributed by atoms with Gasteiger partial charge in [-0.15, -0.1) is 0 Å². The fourth-order valence-corrected chi connectivity index (χ4v) is 1.73. The maximum Gasteiger partial charge on any atom is 0.162 e. The van der Waals surface area contributed by atoms with Gasteiger partial charge in [0, 0.05) is 12.5 Å². The minimum absolute atomic E-state index is 0.0853. The highest BCUT2D eigenvalue weighted by atomic mass is 16.6. The van der Waals surface area contributed by atoms with Crippen molar-refractivity contribution in [2.75, 3.05) is 19.8 Å². The highest BCUT2D eigenvalue weighted by molar-refractivity contribution is 5.46. The SMILES string of the molecule is CCOc1cc(C#N)ccc1OC1CCOC1. The van der Waals surface area contributed by atoms with Crippen molar-refractivity contribution in [2.45, 2.75) is 19.4 Å². The van der Waals surface area contributed by atoms with Crippen LogP contribution in [-0.2, 0) is 4.74 Å². The number of ether oxygens (including phenoxy) is 3. The highest BCUT2D eigenvalue weighted by Gasteiger charge is 2.19. The zero-order valence-corrected chi connectivity index (χ0v) is 9.81. The van der Waals surface area contributed by atoms with Gasteiger partial charge in [0.25, 0.3) is 0 Å². The Bertz CT molecular complexity index is 419. The average Bonchev–Trinajstić information content (AvgIpc) is 2.84. The van der Waals surface area contributed by atoms with E-state index in [2.05, 4.69) is 6.07 Å². The van der Waals surface area contributed by atoms with Gasteiger partial charge in [0.05, 0.1) is 31.5 Å². The molecular weight excluding hydrogens is 218 g/mol. The molecule has 4 nitrogen and oxygen atoms in total. The summed E-state index contributed by atoms with van der Waals surface area (Å²) in [7, 11) is 0. The van der Waals surface area contributed by atoms with Crippen LogP contribution in [0.2, 0.25) is 0 Å². The van der Waals surface area contributed by atoms with Crippen molar-refractivity contribution in [1.29, 1.82) is 5.26 Å². The number of hydrogen-bond donors (Lipinski definition) is 0. The minimum Gasteiger partial charge on any atom is -0.490 e. The number of hydrogen-bond acceptors (Lipinski definition) is 4. The molecule has 0 spiro atoms. The Labute approximate surface area is 101 Å². The third-order valence-corrected chi connectivity index (χ3v) is 2.55. The molecule has 17 heavy (non-hydrogen) atoms. The molecule has 1 aliphatic rings. The summed E-state index contributed by atoms with van der Waals surface area (Å²) in [6, 6.07) is 7.30. The van der Waals surface area contributed by atoms with Crippen LogP contribution in [0.4, 0.5) is 0 Å². The van der Waals surface area contributed by atoms with E-state index in [1.807, 2.05) is 6.92 Å². The predicted molar refractivity (Wildman–Crippen MR) is 62.2 cm³/mol. The van der Waals surface area contributed by atoms with Crippen molar-refractivity contribution >= 4 is 0 Å². The second-order valence-electron chi connectivity index (χ2n) is 3.81. The summed E-state index contributed by atoms with van der Waals surface area (Å²) in [6.45, 7) is 3.81. The molecular formula is C13H15NO3. The molecule has 1 saturated heterocycles. The van der Waals surface area contributed by atoms with E-state index in [0.29, 0.717) is 30.3 Å². The quantitative estimate of drug-likeness (QED) is 0.799. The van der Waals surface area contributed by atoms with Gasteiger partial charge in [-0.25, -0.2) is 0 Å². The summed E-state index contributed by atoms with van der Waals surface area (Å²) >= 11 is 0. The van der Waals surface area contributed by atoms with Crippen molar-refractivity contribution in [2.24, 2.45) is 0 Å². The van der Waals surface area contributed by atoms with E-state index in [1.165, 1.54) is 0 Å². The highest BCUT2D eigenvalue weighted by Crippen LogP contribution is 2.30. The monoisotopic (exact) mass is 233 g/mol. The Hall–Kier alpha value is -1.73. The Balaban J connectivity index is 2.16. The summed E-state index contributed by atoms with van der Waals surface area (Å²) in [4.78, 5) is 0. The lowest BCUT2D eigenvalue weighted by Gasteiger charge is -2.15. The minimum atomic E-state index is 0.0853. The van der Waals surface area contributed by atoms with Crippen molar-refractivity contribution in [3.05, 3.63) is 23.8 Å². The molecule has 0 saturated carbocycles. The van der Waals surface area contributed by atoms with Crippen LogP contribution in [0.15, 0.2) is 18.2 Å². The first-order valence-corrected chi connectivity index (χ1v) is 5.75. The second kappa shape index (κ2) is 5.55. The largest absolute Gasteiger partial charge is 0.490 e. The molecule has 0 amide bonds. The molecule has 90 valence electrons. The third kappa shape index (κ3) is 2.89. The Morgan fingerprint density at radius 2 is 2.35 bits per heavy atom. The Morgan fingerprint density at radius 3 is 3.00 bits per heavy atom. The molecule has 0 aromatic heterocycles. The van der Waals surface area contributed by atoms with Gasteiger partial charge >= 0.3 is 0 Å². The van der Waals surface area contributed by atoms with Crippen molar-refractivity contribution in [1.82, 2.24) is 0 Å². The normalized spacial score (nSPS) is 18.7. The fourth-order valence-electron chi connectivity index (χ4n) is 1.73. The first kappa shape index (κ1) is 11.7. The van der Waals surface area contributed by atoms with E-state index in [4.69, 9.17) is 19.5 Å². The fraction of sp³-hybridized carbons (Fsp3) is 0.462. The van der Waals surface area contributed by atoms with Gasteiger partial charge in [0.1, 0.15) is 6.10 Å². The summed E-state index contributed by atoms with van der Waals surface area (Å²) in [6.07, 6.45) is 0.980. The molecule has 1 heterocycles. The summed E-state index contributed by atoms with van der Waals surface area (Å²) in [5.41, 5.74) is 0.573. The maximum atomic E-state index is 8.84. The molecule has 1 aromatic carbocycles. The summed E-state index contributed by atoms with van der Waals surface area (Å²) in [5.74, 6) is 1.31. The number of nitriles is 1. The summed E-state index contributed by atoms with van der Waals surface area (Å²) in [5, 5.41) is 8.84. The molecule has 0 N–H and O–H groups in total. The molecule has 1 unspecified atom stereocenters. The van der Waals surface area contributed by atoms with Crippen LogP contribution in [0.3, 0.4) is 0 Å². The molecule has 1 aliphatic heterocycles. The second-order valence-corrected chi connectivity index (χ2v) is 3.81. The van der Waals surface area contributed by atoms with Crippen LogP contribution in [0.1, 0.15) is 18.9 Å². The third-order valence-electron chi connectivity index (χ3n) is 2.55. The van der Waals surface area contributed by atoms with Crippen LogP contribution in [-0.4, -0.2) is 25.9 Å². The zero-order valence-electron chi connectivity index (χ0n) is 9.81. The molecule has 1 atom stereocenters. The molecule has 4 heteroatoms. The molecule has 1 fully saturated rings. The van der Waals surface area contributed by atoms with Gasteiger partial charge in [0.15, 0.2) is 11.5 Å². The van der Waals surface area contributed by atoms with E-state index in [1.54, 1.807) is 18.2 Å². The average molecular weight is 233 g/mol. The van der Waals surface area contributed by atoms with E-state index in [0.717, 1.165) is 13.0 Å². The van der Waals surface area contributed by atoms with E-state index < -0.39 is 0 Å². The van der Waals surface area contributed by atoms with Gasteiger partial charge in [-0.05, 0) is 19.1 Å². The number of rotatable bonds is 4. The Kier molecular flexibility index (Phi) is 3.84. The molecule has 1 aromatic rings. The van der Waals surface area contributed by atoms with E-state index in [9.17, 15) is 0 Å². The molecule has 0 aliphatic carbocycles. The topological polar surface area (TPSA) is 51.5 Å². The Morgan fingerprint density at radius 1 is 1.47 bits per heavy atom. The lowest BCUT2D eigenvalue weighted by molar-refractivity contribution is 0.138. The van der Waals surface area contributed by atoms with Crippen LogP contribution in [0.25, 0.3) is 0 Å². The lowest BCUT2D eigenvalue weighted by atomic mass is 10.2. The van der Waals surface area contributed by atoms with Gasteiger partial charge < -0.3 is 14.2 Å². The van der Waals surface area contributed by atoms with Gasteiger partial charge in [-0.1, -0.05) is 0 Å². The van der Waals surface area contributed by atoms with E-state index in [-0.39, 0.29) is 6.10 Å². The predicted octanol–water partition coefficient (Wildman–Crippen LogP) is 2.12. The standard InChI is InChI=1S/C13H15NO3/c1-2-16-13-7-10(8-14)3-4-12(13)17-11-5-6-15-9-11/h3-4,7,11H,2,5-6,9H2,1H3. The van der Waals surface area contributed by atoms with Gasteiger partial charge in [-0.2, -0.15) is 5.26 Å².